The molecule has 0 unspecified atom stereocenters. The van der Waals surface area contributed by atoms with Gasteiger partial charge in [0.25, 0.3) is 0 Å². The third-order valence-electron chi connectivity index (χ3n) is 2.18. The maximum absolute atomic E-state index is 11.5. The van der Waals surface area contributed by atoms with E-state index in [4.69, 9.17) is 5.26 Å². The zero-order valence-corrected chi connectivity index (χ0v) is 7.58. The lowest BCUT2D eigenvalue weighted by Gasteiger charge is -2.21. The second kappa shape index (κ2) is 3.57. The molecule has 0 spiro atoms. The fourth-order valence-corrected chi connectivity index (χ4v) is 1.50. The minimum atomic E-state index is -0.167. The molecule has 1 aliphatic rings. The van der Waals surface area contributed by atoms with Gasteiger partial charge in [0.15, 0.2) is 0 Å². The second-order valence-corrected chi connectivity index (χ2v) is 3.47. The zero-order valence-electron chi connectivity index (χ0n) is 7.58. The van der Waals surface area contributed by atoms with Crippen LogP contribution in [-0.2, 0) is 4.79 Å². The molecule has 0 aromatic rings. The van der Waals surface area contributed by atoms with Crippen LogP contribution in [0.1, 0.15) is 26.7 Å². The van der Waals surface area contributed by atoms with E-state index in [0.29, 0.717) is 0 Å². The fraction of sp³-hybridized carbons (Fsp3) is 0.778. The molecule has 0 bridgehead atoms. The first-order chi connectivity index (χ1) is 5.66. The molecule has 1 rings (SSSR count). The van der Waals surface area contributed by atoms with E-state index in [1.165, 1.54) is 0 Å². The summed E-state index contributed by atoms with van der Waals surface area (Å²) in [6.45, 7) is 4.50. The van der Waals surface area contributed by atoms with Gasteiger partial charge in [0, 0.05) is 12.5 Å². The highest BCUT2D eigenvalue weighted by molar-refractivity contribution is 5.79. The van der Waals surface area contributed by atoms with Gasteiger partial charge in [-0.05, 0) is 12.8 Å². The summed E-state index contributed by atoms with van der Waals surface area (Å²) >= 11 is 0. The molecule has 0 N–H and O–H groups in total. The van der Waals surface area contributed by atoms with Crippen molar-refractivity contribution < 1.29 is 4.79 Å². The molecule has 0 aromatic heterocycles. The molecule has 66 valence electrons. The van der Waals surface area contributed by atoms with Crippen LogP contribution in [0.4, 0.5) is 0 Å². The highest BCUT2D eigenvalue weighted by Crippen LogP contribution is 2.18. The Kier molecular flexibility index (Phi) is 2.69. The highest BCUT2D eigenvalue weighted by Gasteiger charge is 2.29. The van der Waals surface area contributed by atoms with Crippen LogP contribution in [0.2, 0.25) is 0 Å². The zero-order chi connectivity index (χ0) is 9.14. The van der Waals surface area contributed by atoms with Gasteiger partial charge in [-0.3, -0.25) is 4.79 Å². The normalized spacial score (nSPS) is 22.8. The van der Waals surface area contributed by atoms with Crippen molar-refractivity contribution >= 4 is 5.91 Å². The number of rotatable bonds is 1. The van der Waals surface area contributed by atoms with Gasteiger partial charge >= 0.3 is 0 Å². The minimum Gasteiger partial charge on any atom is -0.326 e. The molecule has 1 saturated heterocycles. The molecular weight excluding hydrogens is 152 g/mol. The first-order valence-electron chi connectivity index (χ1n) is 4.37. The average Bonchev–Trinajstić information content (AvgIpc) is 2.49. The van der Waals surface area contributed by atoms with Crippen LogP contribution in [0, 0.1) is 17.2 Å². The van der Waals surface area contributed by atoms with E-state index in [2.05, 4.69) is 6.07 Å². The number of amides is 1. The lowest BCUT2D eigenvalue weighted by atomic mass is 10.1. The SMILES string of the molecule is CC(C)C(=O)N1CCC[C@@H]1C#N. The van der Waals surface area contributed by atoms with E-state index in [9.17, 15) is 4.79 Å². The van der Waals surface area contributed by atoms with Crippen LogP contribution in [0.5, 0.6) is 0 Å². The third-order valence-corrected chi connectivity index (χ3v) is 2.18. The van der Waals surface area contributed by atoms with Gasteiger partial charge in [-0.1, -0.05) is 13.8 Å². The topological polar surface area (TPSA) is 44.1 Å². The third kappa shape index (κ3) is 1.58. The number of carbonyl (C=O) groups excluding carboxylic acids is 1. The van der Waals surface area contributed by atoms with E-state index in [0.717, 1.165) is 19.4 Å². The van der Waals surface area contributed by atoms with Gasteiger partial charge < -0.3 is 4.90 Å². The smallest absolute Gasteiger partial charge is 0.226 e. The average molecular weight is 166 g/mol. The monoisotopic (exact) mass is 166 g/mol. The van der Waals surface area contributed by atoms with Crippen LogP contribution < -0.4 is 0 Å². The number of hydrogen-bond donors (Lipinski definition) is 0. The molecule has 0 aromatic carbocycles. The quantitative estimate of drug-likeness (QED) is 0.586. The number of nitriles is 1. The predicted octanol–water partition coefficient (Wildman–Crippen LogP) is 1.16. The summed E-state index contributed by atoms with van der Waals surface area (Å²) in [6.07, 6.45) is 1.81. The number of hydrogen-bond acceptors (Lipinski definition) is 2. The van der Waals surface area contributed by atoms with Crippen LogP contribution in [-0.4, -0.2) is 23.4 Å². The second-order valence-electron chi connectivity index (χ2n) is 3.47. The summed E-state index contributed by atoms with van der Waals surface area (Å²) in [5, 5.41) is 8.72. The van der Waals surface area contributed by atoms with E-state index >= 15 is 0 Å². The molecule has 1 fully saturated rings. The van der Waals surface area contributed by atoms with Crippen LogP contribution in [0.25, 0.3) is 0 Å². The van der Waals surface area contributed by atoms with Gasteiger partial charge in [0.2, 0.25) is 5.91 Å². The molecular formula is C9H14N2O. The van der Waals surface area contributed by atoms with E-state index in [-0.39, 0.29) is 17.9 Å². The molecule has 1 amide bonds. The Bertz CT molecular complexity index is 217. The Morgan fingerprint density at radius 3 is 2.83 bits per heavy atom. The Morgan fingerprint density at radius 2 is 2.33 bits per heavy atom. The Hall–Kier alpha value is -1.04. The van der Waals surface area contributed by atoms with Crippen LogP contribution in [0.15, 0.2) is 0 Å². The van der Waals surface area contributed by atoms with Crippen molar-refractivity contribution in [2.24, 2.45) is 5.92 Å². The van der Waals surface area contributed by atoms with Gasteiger partial charge in [-0.15, -0.1) is 0 Å². The van der Waals surface area contributed by atoms with Gasteiger partial charge in [0.1, 0.15) is 6.04 Å². The van der Waals surface area contributed by atoms with E-state index < -0.39 is 0 Å². The van der Waals surface area contributed by atoms with Gasteiger partial charge in [-0.25, -0.2) is 0 Å². The lowest BCUT2D eigenvalue weighted by Crippen LogP contribution is -2.37. The molecule has 1 atom stereocenters. The first kappa shape index (κ1) is 9.05. The Labute approximate surface area is 73.0 Å². The summed E-state index contributed by atoms with van der Waals surface area (Å²) in [6, 6.07) is 1.99. The first-order valence-corrected chi connectivity index (χ1v) is 4.37. The van der Waals surface area contributed by atoms with Crippen molar-refractivity contribution in [1.82, 2.24) is 4.90 Å². The summed E-state index contributed by atoms with van der Waals surface area (Å²) < 4.78 is 0. The molecule has 3 nitrogen and oxygen atoms in total. The fourth-order valence-electron chi connectivity index (χ4n) is 1.50. The van der Waals surface area contributed by atoms with Crippen molar-refractivity contribution in [3.63, 3.8) is 0 Å². The van der Waals surface area contributed by atoms with Crippen molar-refractivity contribution in [3.8, 4) is 6.07 Å². The van der Waals surface area contributed by atoms with Crippen molar-refractivity contribution in [2.75, 3.05) is 6.54 Å². The van der Waals surface area contributed by atoms with Crippen molar-refractivity contribution in [2.45, 2.75) is 32.7 Å². The highest BCUT2D eigenvalue weighted by atomic mass is 16.2. The Balaban J connectivity index is 2.63. The van der Waals surface area contributed by atoms with Crippen LogP contribution >= 0.6 is 0 Å². The summed E-state index contributed by atoms with van der Waals surface area (Å²) in [5.41, 5.74) is 0. The standard InChI is InChI=1S/C9H14N2O/c1-7(2)9(12)11-5-3-4-8(11)6-10/h7-8H,3-5H2,1-2H3/t8-/m1/s1. The summed E-state index contributed by atoms with van der Waals surface area (Å²) in [5.74, 6) is 0.123. The largest absolute Gasteiger partial charge is 0.326 e. The van der Waals surface area contributed by atoms with Crippen molar-refractivity contribution in [1.29, 1.82) is 5.26 Å². The molecule has 1 heterocycles. The molecule has 0 aliphatic carbocycles. The minimum absolute atomic E-state index is 0.0129. The maximum Gasteiger partial charge on any atom is 0.226 e. The Morgan fingerprint density at radius 1 is 1.67 bits per heavy atom. The number of nitrogens with zero attached hydrogens (tertiary/aromatic N) is 2. The van der Waals surface area contributed by atoms with Crippen molar-refractivity contribution in [3.05, 3.63) is 0 Å². The lowest BCUT2D eigenvalue weighted by molar-refractivity contribution is -0.134. The molecule has 12 heavy (non-hydrogen) atoms. The van der Waals surface area contributed by atoms with E-state index in [1.807, 2.05) is 13.8 Å². The summed E-state index contributed by atoms with van der Waals surface area (Å²) in [7, 11) is 0. The number of carbonyl (C=O) groups is 1. The molecule has 0 radical (unpaired) electrons. The summed E-state index contributed by atoms with van der Waals surface area (Å²) in [4.78, 5) is 13.2. The van der Waals surface area contributed by atoms with Gasteiger partial charge in [0.05, 0.1) is 6.07 Å². The molecule has 1 aliphatic heterocycles. The predicted molar refractivity (Wildman–Crippen MR) is 45.2 cm³/mol. The molecule has 0 saturated carbocycles. The number of likely N-dealkylation sites (tertiary alicyclic amines) is 1. The van der Waals surface area contributed by atoms with Crippen LogP contribution in [0.3, 0.4) is 0 Å². The molecule has 3 heteroatoms. The van der Waals surface area contributed by atoms with Gasteiger partial charge in [-0.2, -0.15) is 5.26 Å². The maximum atomic E-state index is 11.5. The van der Waals surface area contributed by atoms with E-state index in [1.54, 1.807) is 4.90 Å².